The molecule has 0 atom stereocenters. The first kappa shape index (κ1) is 19.9. The monoisotopic (exact) mass is 367 g/mol. The van der Waals surface area contributed by atoms with Crippen molar-refractivity contribution in [2.24, 2.45) is 0 Å². The average molecular weight is 368 g/mol. The quantitative estimate of drug-likeness (QED) is 0.624. The first-order valence-corrected chi connectivity index (χ1v) is 9.79. The van der Waals surface area contributed by atoms with Gasteiger partial charge < -0.3 is 14.4 Å². The highest BCUT2D eigenvalue weighted by atomic mass is 35.5. The Morgan fingerprint density at radius 1 is 1.24 bits per heavy atom. The van der Waals surface area contributed by atoms with Crippen LogP contribution in [0.1, 0.15) is 70.2 Å². The summed E-state index contributed by atoms with van der Waals surface area (Å²) < 4.78 is 11.4. The summed E-state index contributed by atoms with van der Waals surface area (Å²) in [7, 11) is 0. The molecule has 1 saturated carbocycles. The van der Waals surface area contributed by atoms with Crippen molar-refractivity contribution in [1.82, 2.24) is 4.90 Å². The van der Waals surface area contributed by atoms with Gasteiger partial charge in [0.2, 0.25) is 0 Å². The molecule has 1 aromatic rings. The second-order valence-electron chi connectivity index (χ2n) is 6.81. The molecule has 1 aromatic carbocycles. The van der Waals surface area contributed by atoms with Crippen molar-refractivity contribution in [1.29, 1.82) is 0 Å². The zero-order valence-electron chi connectivity index (χ0n) is 15.8. The minimum Gasteiger partial charge on any atom is -0.490 e. The molecule has 0 radical (unpaired) electrons. The second kappa shape index (κ2) is 9.33. The predicted molar refractivity (Wildman–Crippen MR) is 102 cm³/mol. The third-order valence-corrected chi connectivity index (χ3v) is 4.80. The Morgan fingerprint density at radius 2 is 1.92 bits per heavy atom. The molecule has 5 heteroatoms. The molecule has 140 valence electrons. The van der Waals surface area contributed by atoms with E-state index < -0.39 is 0 Å². The Bertz CT molecular complexity index is 583. The van der Waals surface area contributed by atoms with E-state index in [2.05, 4.69) is 13.8 Å². The van der Waals surface area contributed by atoms with Gasteiger partial charge in [-0.1, -0.05) is 31.4 Å². The molecule has 1 amide bonds. The zero-order chi connectivity index (χ0) is 18.4. The van der Waals surface area contributed by atoms with Gasteiger partial charge in [0.15, 0.2) is 11.5 Å². The van der Waals surface area contributed by atoms with Crippen molar-refractivity contribution < 1.29 is 14.3 Å². The topological polar surface area (TPSA) is 38.8 Å². The summed E-state index contributed by atoms with van der Waals surface area (Å²) in [5.41, 5.74) is 0.567. The number of hydrogen-bond acceptors (Lipinski definition) is 3. The Labute approximate surface area is 156 Å². The SMILES string of the molecule is CCCOc1c(Cl)cc(C(=O)N(C(C)C)C2CCCC2)cc1OCC. The molecule has 1 aliphatic carbocycles. The van der Waals surface area contributed by atoms with Crippen molar-refractivity contribution in [3.63, 3.8) is 0 Å². The number of rotatable bonds is 8. The number of ether oxygens (including phenoxy) is 2. The van der Waals surface area contributed by atoms with Crippen LogP contribution in [0.2, 0.25) is 5.02 Å². The van der Waals surface area contributed by atoms with Crippen molar-refractivity contribution >= 4 is 17.5 Å². The fourth-order valence-electron chi connectivity index (χ4n) is 3.45. The van der Waals surface area contributed by atoms with Gasteiger partial charge in [0.05, 0.1) is 18.2 Å². The maximum Gasteiger partial charge on any atom is 0.254 e. The van der Waals surface area contributed by atoms with Crippen LogP contribution < -0.4 is 9.47 Å². The van der Waals surface area contributed by atoms with Gasteiger partial charge in [-0.2, -0.15) is 0 Å². The highest BCUT2D eigenvalue weighted by molar-refractivity contribution is 6.32. The van der Waals surface area contributed by atoms with Crippen LogP contribution in [0.25, 0.3) is 0 Å². The summed E-state index contributed by atoms with van der Waals surface area (Å²) in [5, 5.41) is 0.429. The van der Waals surface area contributed by atoms with Crippen LogP contribution in [-0.2, 0) is 0 Å². The fourth-order valence-corrected chi connectivity index (χ4v) is 3.72. The number of halogens is 1. The number of amides is 1. The van der Waals surface area contributed by atoms with Gasteiger partial charge in [-0.3, -0.25) is 4.79 Å². The average Bonchev–Trinajstić information content (AvgIpc) is 3.08. The molecule has 2 rings (SSSR count). The van der Waals surface area contributed by atoms with E-state index in [9.17, 15) is 4.79 Å². The van der Waals surface area contributed by atoms with Gasteiger partial charge in [0, 0.05) is 17.6 Å². The maximum atomic E-state index is 13.2. The third kappa shape index (κ3) is 4.81. The van der Waals surface area contributed by atoms with Crippen LogP contribution in [0.4, 0.5) is 0 Å². The number of carbonyl (C=O) groups excluding carboxylic acids is 1. The predicted octanol–water partition coefficient (Wildman–Crippen LogP) is 5.32. The molecule has 0 heterocycles. The zero-order valence-corrected chi connectivity index (χ0v) is 16.6. The van der Waals surface area contributed by atoms with Crippen LogP contribution in [0.3, 0.4) is 0 Å². The summed E-state index contributed by atoms with van der Waals surface area (Å²) in [6.45, 7) is 9.14. The van der Waals surface area contributed by atoms with E-state index in [4.69, 9.17) is 21.1 Å². The van der Waals surface area contributed by atoms with Crippen LogP contribution in [0, 0.1) is 0 Å². The standard InChI is InChI=1S/C20H30ClNO3/c1-5-11-25-19-17(21)12-15(13-18(19)24-6-2)20(23)22(14(3)4)16-9-7-8-10-16/h12-14,16H,5-11H2,1-4H3. The first-order chi connectivity index (χ1) is 12.0. The van der Waals surface area contributed by atoms with E-state index in [0.717, 1.165) is 19.3 Å². The molecule has 1 aliphatic rings. The van der Waals surface area contributed by atoms with Crippen molar-refractivity contribution in [2.75, 3.05) is 13.2 Å². The van der Waals surface area contributed by atoms with Gasteiger partial charge in [-0.25, -0.2) is 0 Å². The lowest BCUT2D eigenvalue weighted by atomic mass is 10.1. The van der Waals surface area contributed by atoms with E-state index in [0.29, 0.717) is 41.3 Å². The Kier molecular flexibility index (Phi) is 7.42. The number of carbonyl (C=O) groups is 1. The van der Waals surface area contributed by atoms with Crippen LogP contribution in [-0.4, -0.2) is 36.1 Å². The Morgan fingerprint density at radius 3 is 2.48 bits per heavy atom. The number of benzene rings is 1. The maximum absolute atomic E-state index is 13.2. The number of hydrogen-bond donors (Lipinski definition) is 0. The largest absolute Gasteiger partial charge is 0.490 e. The van der Waals surface area contributed by atoms with E-state index >= 15 is 0 Å². The van der Waals surface area contributed by atoms with E-state index in [1.165, 1.54) is 12.8 Å². The minimum atomic E-state index is 0.0202. The molecule has 1 fully saturated rings. The molecule has 0 spiro atoms. The highest BCUT2D eigenvalue weighted by Crippen LogP contribution is 2.38. The lowest BCUT2D eigenvalue weighted by Gasteiger charge is -2.33. The Hall–Kier alpha value is -1.42. The van der Waals surface area contributed by atoms with Crippen LogP contribution in [0.5, 0.6) is 11.5 Å². The van der Waals surface area contributed by atoms with Crippen molar-refractivity contribution in [3.8, 4) is 11.5 Å². The summed E-state index contributed by atoms with van der Waals surface area (Å²) in [6.07, 6.45) is 5.42. The summed E-state index contributed by atoms with van der Waals surface area (Å²) >= 11 is 6.42. The van der Waals surface area contributed by atoms with E-state index in [-0.39, 0.29) is 11.9 Å². The van der Waals surface area contributed by atoms with Gasteiger partial charge in [0.1, 0.15) is 0 Å². The molecule has 0 aliphatic heterocycles. The number of nitrogens with zero attached hydrogens (tertiary/aromatic N) is 1. The molecule has 0 saturated heterocycles. The summed E-state index contributed by atoms with van der Waals surface area (Å²) in [6, 6.07) is 3.95. The third-order valence-electron chi connectivity index (χ3n) is 4.52. The van der Waals surface area contributed by atoms with Crippen molar-refractivity contribution in [3.05, 3.63) is 22.7 Å². The molecule has 4 nitrogen and oxygen atoms in total. The molecule has 0 bridgehead atoms. The summed E-state index contributed by atoms with van der Waals surface area (Å²) in [5.74, 6) is 1.09. The fraction of sp³-hybridized carbons (Fsp3) is 0.650. The molecule has 25 heavy (non-hydrogen) atoms. The summed E-state index contributed by atoms with van der Waals surface area (Å²) in [4.78, 5) is 15.2. The van der Waals surface area contributed by atoms with Crippen LogP contribution >= 0.6 is 11.6 Å². The lowest BCUT2D eigenvalue weighted by molar-refractivity contribution is 0.0613. The van der Waals surface area contributed by atoms with Gasteiger partial charge in [-0.15, -0.1) is 0 Å². The Balaban J connectivity index is 2.34. The highest BCUT2D eigenvalue weighted by Gasteiger charge is 2.30. The van der Waals surface area contributed by atoms with E-state index in [1.807, 2.05) is 18.7 Å². The molecule has 0 N–H and O–H groups in total. The second-order valence-corrected chi connectivity index (χ2v) is 7.22. The molecule has 0 unspecified atom stereocenters. The molecule has 0 aromatic heterocycles. The van der Waals surface area contributed by atoms with Gasteiger partial charge in [0.25, 0.3) is 5.91 Å². The first-order valence-electron chi connectivity index (χ1n) is 9.41. The smallest absolute Gasteiger partial charge is 0.254 e. The van der Waals surface area contributed by atoms with E-state index in [1.54, 1.807) is 12.1 Å². The van der Waals surface area contributed by atoms with Crippen molar-refractivity contribution in [2.45, 2.75) is 71.9 Å². The molecular formula is C20H30ClNO3. The normalized spacial score (nSPS) is 14.8. The molecular weight excluding hydrogens is 338 g/mol. The van der Waals surface area contributed by atoms with Crippen LogP contribution in [0.15, 0.2) is 12.1 Å². The van der Waals surface area contributed by atoms with Gasteiger partial charge in [-0.05, 0) is 52.2 Å². The van der Waals surface area contributed by atoms with Gasteiger partial charge >= 0.3 is 0 Å². The lowest BCUT2D eigenvalue weighted by Crippen LogP contribution is -2.43. The minimum absolute atomic E-state index is 0.0202.